The number of hydrogen-bond donors (Lipinski definition) is 1. The molecule has 2 aliphatic carbocycles. The molecule has 2 fully saturated rings. The third kappa shape index (κ3) is 8.86. The number of benzene rings is 2. The van der Waals surface area contributed by atoms with E-state index >= 15 is 0 Å². The standard InChI is InChI=1S/C37H46ClF2N3O6S/c1-23-6-5-8-33(47-2)31-13-10-27(31)21-43-20-26-9-12-29(38)16-24(26)7-3-4-15-48-34-14-11-25(19-32(34)43)35(44)41-50(46,22-23)42-36(45)28-17-30(18-28)49-37(39)40/h5,8-9,11-12,14,16,19,23,27-28,30-31,33,37H,3-4,6-7,10,13,15,17-18,20-22H2,1-2H3,(H,41,42,44,45,46)/b8-5+/t23-,27-,28?,30?,31+,33-,50?/m0/s1. The van der Waals surface area contributed by atoms with E-state index in [9.17, 15) is 22.6 Å². The molecular weight excluding hydrogens is 688 g/mol. The quantitative estimate of drug-likeness (QED) is 0.320. The second-order valence-corrected chi connectivity index (χ2v) is 16.5. The lowest BCUT2D eigenvalue weighted by molar-refractivity contribution is -0.192. The molecule has 2 saturated carbocycles. The Morgan fingerprint density at radius 2 is 1.96 bits per heavy atom. The first-order valence-corrected chi connectivity index (χ1v) is 19.6. The maximum Gasteiger partial charge on any atom is 0.345 e. The molecule has 0 spiro atoms. The van der Waals surface area contributed by atoms with Crippen molar-refractivity contribution in [1.29, 1.82) is 0 Å². The first kappa shape index (κ1) is 36.7. The summed E-state index contributed by atoms with van der Waals surface area (Å²) in [5, 5.41) is 0.690. The maximum atomic E-state index is 14.4. The van der Waals surface area contributed by atoms with Crippen molar-refractivity contribution in [3.05, 3.63) is 70.3 Å². The molecule has 2 aromatic rings. The third-order valence-electron chi connectivity index (χ3n) is 10.4. The van der Waals surface area contributed by atoms with Crippen molar-refractivity contribution >= 4 is 39.0 Å². The molecule has 5 atom stereocenters. The summed E-state index contributed by atoms with van der Waals surface area (Å²) < 4.78 is 63.3. The minimum absolute atomic E-state index is 0.0677. The summed E-state index contributed by atoms with van der Waals surface area (Å²) in [5.74, 6) is -0.980. The summed E-state index contributed by atoms with van der Waals surface area (Å²) >= 11 is 6.44. The second kappa shape index (κ2) is 16.1. The first-order valence-electron chi connectivity index (χ1n) is 17.5. The number of carbonyl (C=O) groups is 2. The van der Waals surface area contributed by atoms with Gasteiger partial charge in [0.05, 0.1) is 30.3 Å². The number of allylic oxidation sites excluding steroid dienone is 1. The molecule has 2 aromatic carbocycles. The van der Waals surface area contributed by atoms with E-state index in [4.69, 9.17) is 21.1 Å². The van der Waals surface area contributed by atoms with Crippen LogP contribution in [0.5, 0.6) is 5.75 Å². The van der Waals surface area contributed by atoms with E-state index in [1.807, 2.05) is 25.1 Å². The van der Waals surface area contributed by atoms with E-state index in [1.54, 1.807) is 25.3 Å². The molecule has 0 saturated heterocycles. The number of methoxy groups -OCH3 is 1. The van der Waals surface area contributed by atoms with E-state index in [0.717, 1.165) is 43.4 Å². The van der Waals surface area contributed by atoms with E-state index in [2.05, 4.69) is 30.9 Å². The van der Waals surface area contributed by atoms with Crippen LogP contribution in [0.2, 0.25) is 5.02 Å². The summed E-state index contributed by atoms with van der Waals surface area (Å²) in [6.45, 7) is 0.728. The van der Waals surface area contributed by atoms with Gasteiger partial charge in [-0.3, -0.25) is 14.3 Å². The number of hydrogen-bond acceptors (Lipinski definition) is 7. The average molecular weight is 734 g/mol. The van der Waals surface area contributed by atoms with E-state index in [0.29, 0.717) is 42.8 Å². The number of anilines is 1. The molecule has 1 N–H and O–H groups in total. The Kier molecular flexibility index (Phi) is 11.8. The zero-order valence-corrected chi connectivity index (χ0v) is 30.1. The van der Waals surface area contributed by atoms with Crippen LogP contribution in [0.15, 0.2) is 52.9 Å². The summed E-state index contributed by atoms with van der Waals surface area (Å²) in [6.07, 6.45) is 8.62. The molecule has 13 heteroatoms. The van der Waals surface area contributed by atoms with Crippen LogP contribution in [-0.2, 0) is 37.1 Å². The highest BCUT2D eigenvalue weighted by atomic mass is 35.5. The van der Waals surface area contributed by atoms with Crippen molar-refractivity contribution < 1.29 is 36.8 Å². The Labute approximate surface area is 298 Å². The van der Waals surface area contributed by atoms with Crippen LogP contribution in [0.1, 0.15) is 73.4 Å². The van der Waals surface area contributed by atoms with Gasteiger partial charge in [0.15, 0.2) is 0 Å². The highest BCUT2D eigenvalue weighted by Gasteiger charge is 2.39. The molecule has 2 bridgehead atoms. The van der Waals surface area contributed by atoms with Gasteiger partial charge in [-0.2, -0.15) is 8.78 Å². The van der Waals surface area contributed by atoms with Gasteiger partial charge in [0.25, 0.3) is 5.91 Å². The van der Waals surface area contributed by atoms with Crippen LogP contribution in [0.3, 0.4) is 0 Å². The molecule has 272 valence electrons. The second-order valence-electron chi connectivity index (χ2n) is 14.1. The van der Waals surface area contributed by atoms with Crippen molar-refractivity contribution in [3.8, 4) is 5.75 Å². The van der Waals surface area contributed by atoms with Crippen LogP contribution in [0.4, 0.5) is 14.5 Å². The van der Waals surface area contributed by atoms with E-state index in [-0.39, 0.29) is 42.1 Å². The zero-order chi connectivity index (χ0) is 35.4. The van der Waals surface area contributed by atoms with Gasteiger partial charge in [-0.05, 0) is 111 Å². The number of nitrogens with one attached hydrogen (secondary N) is 1. The predicted molar refractivity (Wildman–Crippen MR) is 189 cm³/mol. The lowest BCUT2D eigenvalue weighted by Gasteiger charge is -2.43. The van der Waals surface area contributed by atoms with Crippen LogP contribution in [-0.4, -0.2) is 60.9 Å². The zero-order valence-electron chi connectivity index (χ0n) is 28.5. The Balaban J connectivity index is 1.39. The van der Waals surface area contributed by atoms with Gasteiger partial charge in [0.2, 0.25) is 5.91 Å². The highest BCUT2D eigenvalue weighted by Crippen LogP contribution is 2.42. The third-order valence-corrected chi connectivity index (χ3v) is 12.7. The monoisotopic (exact) mass is 733 g/mol. The molecule has 9 nitrogen and oxygen atoms in total. The normalized spacial score (nSPS) is 31.0. The molecule has 2 amide bonds. The predicted octanol–water partition coefficient (Wildman–Crippen LogP) is 7.36. The number of aryl methyl sites for hydroxylation is 1. The number of halogens is 3. The number of ether oxygens (including phenoxy) is 3. The number of fused-ring (bicyclic) bond motifs is 3. The van der Waals surface area contributed by atoms with Crippen molar-refractivity contribution in [3.63, 3.8) is 0 Å². The number of alkyl halides is 2. The Morgan fingerprint density at radius 3 is 2.70 bits per heavy atom. The first-order chi connectivity index (χ1) is 24.0. The van der Waals surface area contributed by atoms with Crippen LogP contribution < -0.4 is 14.4 Å². The van der Waals surface area contributed by atoms with Crippen molar-refractivity contribution in [1.82, 2.24) is 4.72 Å². The van der Waals surface area contributed by atoms with Gasteiger partial charge in [-0.25, -0.2) is 4.21 Å². The molecule has 50 heavy (non-hydrogen) atoms. The SMILES string of the molecule is CO[C@H]1/C=C/C[C@H](C)CS(=O)(NC(=O)C2CC(OC(F)F)C2)=NC(=O)c2ccc3c(c2)N(Cc2ccc(Cl)cc2CCCCO3)C[C@@H]2CC[C@H]21. The lowest BCUT2D eigenvalue weighted by atomic mass is 9.70. The van der Waals surface area contributed by atoms with Crippen LogP contribution in [0.25, 0.3) is 0 Å². The van der Waals surface area contributed by atoms with Crippen molar-refractivity contribution in [2.75, 3.05) is 30.9 Å². The minimum Gasteiger partial charge on any atom is -0.491 e. The van der Waals surface area contributed by atoms with Crippen molar-refractivity contribution in [2.45, 2.75) is 83.7 Å². The molecule has 2 heterocycles. The van der Waals surface area contributed by atoms with Crippen LogP contribution in [0, 0.1) is 23.7 Å². The molecule has 4 aliphatic rings. The van der Waals surface area contributed by atoms with Crippen LogP contribution >= 0.6 is 11.6 Å². The van der Waals surface area contributed by atoms with Gasteiger partial charge in [0.1, 0.15) is 15.7 Å². The summed E-state index contributed by atoms with van der Waals surface area (Å²) in [6, 6.07) is 11.2. The van der Waals surface area contributed by atoms with Gasteiger partial charge >= 0.3 is 6.61 Å². The van der Waals surface area contributed by atoms with E-state index < -0.39 is 40.4 Å². The number of carbonyl (C=O) groups excluding carboxylic acids is 2. The lowest BCUT2D eigenvalue weighted by Crippen LogP contribution is -2.45. The Hall–Kier alpha value is -3.06. The van der Waals surface area contributed by atoms with Gasteiger partial charge in [0, 0.05) is 36.7 Å². The van der Waals surface area contributed by atoms with Gasteiger partial charge < -0.3 is 19.1 Å². The van der Waals surface area contributed by atoms with Gasteiger partial charge in [-0.1, -0.05) is 36.7 Å². The van der Waals surface area contributed by atoms with E-state index in [1.165, 1.54) is 5.56 Å². The smallest absolute Gasteiger partial charge is 0.345 e. The van der Waals surface area contributed by atoms with Gasteiger partial charge in [-0.15, -0.1) is 4.36 Å². The fourth-order valence-electron chi connectivity index (χ4n) is 7.45. The topological polar surface area (TPSA) is 107 Å². The molecule has 1 unspecified atom stereocenters. The highest BCUT2D eigenvalue weighted by molar-refractivity contribution is 7.92. The summed E-state index contributed by atoms with van der Waals surface area (Å²) in [7, 11) is -1.87. The minimum atomic E-state index is -3.60. The number of amides is 2. The largest absolute Gasteiger partial charge is 0.491 e. The number of nitrogens with zero attached hydrogens (tertiary/aromatic N) is 2. The maximum absolute atomic E-state index is 14.4. The fraction of sp³-hybridized carbons (Fsp3) is 0.568. The molecular formula is C37H46ClF2N3O6S. The molecule has 6 rings (SSSR count). The van der Waals surface area contributed by atoms with Crippen molar-refractivity contribution in [2.24, 2.45) is 28.0 Å². The Bertz CT molecular complexity index is 1710. The fourth-order valence-corrected chi connectivity index (χ4v) is 9.61. The Morgan fingerprint density at radius 1 is 1.14 bits per heavy atom. The number of rotatable bonds is 5. The molecule has 0 radical (unpaired) electrons. The molecule has 2 aliphatic heterocycles. The summed E-state index contributed by atoms with van der Waals surface area (Å²) in [5.41, 5.74) is 3.29. The average Bonchev–Trinajstić information content (AvgIpc) is 3.06. The summed E-state index contributed by atoms with van der Waals surface area (Å²) in [4.78, 5) is 29.3. The molecule has 0 aromatic heterocycles.